The summed E-state index contributed by atoms with van der Waals surface area (Å²) < 4.78 is 0. The SMILES string of the molecule is CN(C)c1ccc(N2C(=O)C3C4c5ccccc5C(c5ccccc54)C3C2=O)cc1. The number of amides is 2. The first-order valence-corrected chi connectivity index (χ1v) is 10.4. The highest BCUT2D eigenvalue weighted by atomic mass is 16.2. The van der Waals surface area contributed by atoms with Crippen LogP contribution in [0.5, 0.6) is 0 Å². The van der Waals surface area contributed by atoms with Crippen LogP contribution in [-0.4, -0.2) is 25.9 Å². The summed E-state index contributed by atoms with van der Waals surface area (Å²) in [5.74, 6) is -0.922. The Morgan fingerprint density at radius 2 is 1.03 bits per heavy atom. The van der Waals surface area contributed by atoms with Gasteiger partial charge in [0.2, 0.25) is 11.8 Å². The first-order valence-electron chi connectivity index (χ1n) is 10.4. The molecular formula is C26H22N2O2. The monoisotopic (exact) mass is 394 g/mol. The molecule has 2 bridgehead atoms. The van der Waals surface area contributed by atoms with Crippen molar-refractivity contribution in [3.05, 3.63) is 95.1 Å². The Hall–Kier alpha value is -3.40. The van der Waals surface area contributed by atoms with Crippen LogP contribution in [0.25, 0.3) is 0 Å². The van der Waals surface area contributed by atoms with Crippen molar-refractivity contribution in [2.45, 2.75) is 11.8 Å². The van der Waals surface area contributed by atoms with Crippen molar-refractivity contribution in [2.75, 3.05) is 23.9 Å². The van der Waals surface area contributed by atoms with Crippen molar-refractivity contribution in [3.63, 3.8) is 0 Å². The van der Waals surface area contributed by atoms with Gasteiger partial charge in [-0.2, -0.15) is 0 Å². The summed E-state index contributed by atoms with van der Waals surface area (Å²) in [6, 6.07) is 24.3. The summed E-state index contributed by atoms with van der Waals surface area (Å²) in [6.07, 6.45) is 0. The number of rotatable bonds is 2. The van der Waals surface area contributed by atoms with E-state index < -0.39 is 0 Å². The van der Waals surface area contributed by atoms with Gasteiger partial charge in [-0.15, -0.1) is 0 Å². The Kier molecular flexibility index (Phi) is 3.52. The summed E-state index contributed by atoms with van der Waals surface area (Å²) in [4.78, 5) is 30.8. The van der Waals surface area contributed by atoms with Gasteiger partial charge in [0.05, 0.1) is 17.5 Å². The van der Waals surface area contributed by atoms with E-state index in [0.29, 0.717) is 5.69 Å². The molecule has 1 aliphatic heterocycles. The fourth-order valence-corrected chi connectivity index (χ4v) is 5.83. The lowest BCUT2D eigenvalue weighted by molar-refractivity contribution is -0.122. The summed E-state index contributed by atoms with van der Waals surface area (Å²) in [5, 5.41) is 0. The zero-order chi connectivity index (χ0) is 20.6. The topological polar surface area (TPSA) is 40.6 Å². The first-order chi connectivity index (χ1) is 14.6. The predicted octanol–water partition coefficient (Wildman–Crippen LogP) is 4.15. The standard InChI is InChI=1S/C26H22N2O2/c1-27(2)15-11-13-16(14-12-15)28-25(29)23-21-17-7-3-4-8-18(17)22(24(23)26(28)30)20-10-6-5-9-19(20)21/h3-14,21-24H,1-2H3. The van der Waals surface area contributed by atoms with E-state index in [0.717, 1.165) is 5.69 Å². The molecule has 2 unspecified atom stereocenters. The molecule has 0 radical (unpaired) electrons. The van der Waals surface area contributed by atoms with Gasteiger partial charge in [0.1, 0.15) is 0 Å². The van der Waals surface area contributed by atoms with Crippen molar-refractivity contribution in [1.82, 2.24) is 0 Å². The third kappa shape index (κ3) is 2.11. The number of benzene rings is 3. The Morgan fingerprint density at radius 1 is 0.633 bits per heavy atom. The highest BCUT2D eigenvalue weighted by molar-refractivity contribution is 6.23. The van der Waals surface area contributed by atoms with Gasteiger partial charge in [0.25, 0.3) is 0 Å². The normalized spacial score (nSPS) is 25.7. The van der Waals surface area contributed by atoms with Crippen LogP contribution >= 0.6 is 0 Å². The van der Waals surface area contributed by atoms with E-state index in [4.69, 9.17) is 0 Å². The zero-order valence-electron chi connectivity index (χ0n) is 16.9. The van der Waals surface area contributed by atoms with Crippen LogP contribution in [0.2, 0.25) is 0 Å². The Bertz CT molecular complexity index is 1080. The van der Waals surface area contributed by atoms with Crippen LogP contribution < -0.4 is 9.80 Å². The number of imide groups is 1. The van der Waals surface area contributed by atoms with E-state index in [1.807, 2.05) is 67.5 Å². The summed E-state index contributed by atoms with van der Waals surface area (Å²) >= 11 is 0. The number of hydrogen-bond acceptors (Lipinski definition) is 3. The molecule has 3 aromatic carbocycles. The molecule has 3 aromatic rings. The molecule has 1 saturated heterocycles. The second kappa shape index (κ2) is 6.05. The molecule has 2 atom stereocenters. The quantitative estimate of drug-likeness (QED) is 0.613. The number of carbonyl (C=O) groups is 2. The van der Waals surface area contributed by atoms with E-state index in [2.05, 4.69) is 24.3 Å². The summed E-state index contributed by atoms with van der Waals surface area (Å²) in [6.45, 7) is 0. The maximum Gasteiger partial charge on any atom is 0.238 e. The van der Waals surface area contributed by atoms with Gasteiger partial charge in [-0.3, -0.25) is 9.59 Å². The summed E-state index contributed by atoms with van der Waals surface area (Å²) in [5.41, 5.74) is 6.51. The second-order valence-electron chi connectivity index (χ2n) is 8.69. The molecule has 0 saturated carbocycles. The van der Waals surface area contributed by atoms with Crippen molar-refractivity contribution in [3.8, 4) is 0 Å². The molecule has 4 nitrogen and oxygen atoms in total. The summed E-state index contributed by atoms with van der Waals surface area (Å²) in [7, 11) is 3.95. The average molecular weight is 394 g/mol. The number of hydrogen-bond donors (Lipinski definition) is 0. The molecule has 4 aliphatic rings. The molecule has 0 spiro atoms. The third-order valence-corrected chi connectivity index (χ3v) is 7.07. The fourth-order valence-electron chi connectivity index (χ4n) is 5.83. The molecule has 0 aromatic heterocycles. The van der Waals surface area contributed by atoms with E-state index in [1.54, 1.807) is 0 Å². The fraction of sp³-hybridized carbons (Fsp3) is 0.231. The average Bonchev–Trinajstić information content (AvgIpc) is 3.04. The molecule has 3 aliphatic carbocycles. The number of anilines is 2. The largest absolute Gasteiger partial charge is 0.378 e. The minimum atomic E-state index is -0.333. The van der Waals surface area contributed by atoms with Gasteiger partial charge in [-0.05, 0) is 46.5 Å². The molecule has 0 N–H and O–H groups in total. The van der Waals surface area contributed by atoms with Gasteiger partial charge >= 0.3 is 0 Å². The molecule has 1 heterocycles. The Morgan fingerprint density at radius 3 is 1.40 bits per heavy atom. The first kappa shape index (κ1) is 17.5. The van der Waals surface area contributed by atoms with Crippen LogP contribution in [-0.2, 0) is 9.59 Å². The van der Waals surface area contributed by atoms with Crippen LogP contribution in [0.3, 0.4) is 0 Å². The highest BCUT2D eigenvalue weighted by Crippen LogP contribution is 2.61. The van der Waals surface area contributed by atoms with Crippen LogP contribution in [0.15, 0.2) is 72.8 Å². The van der Waals surface area contributed by atoms with E-state index in [1.165, 1.54) is 27.2 Å². The van der Waals surface area contributed by atoms with E-state index >= 15 is 0 Å². The lowest BCUT2D eigenvalue weighted by Crippen LogP contribution is -2.41. The second-order valence-corrected chi connectivity index (χ2v) is 8.69. The third-order valence-electron chi connectivity index (χ3n) is 7.07. The predicted molar refractivity (Wildman–Crippen MR) is 117 cm³/mol. The smallest absolute Gasteiger partial charge is 0.238 e. The van der Waals surface area contributed by atoms with Crippen molar-refractivity contribution in [2.24, 2.45) is 11.8 Å². The maximum absolute atomic E-state index is 13.7. The number of carbonyl (C=O) groups excluding carboxylic acids is 2. The Labute approximate surface area is 175 Å². The minimum Gasteiger partial charge on any atom is -0.378 e. The lowest BCUT2D eigenvalue weighted by Gasteiger charge is -2.45. The van der Waals surface area contributed by atoms with E-state index in [9.17, 15) is 9.59 Å². The van der Waals surface area contributed by atoms with Crippen LogP contribution in [0, 0.1) is 11.8 Å². The molecule has 148 valence electrons. The van der Waals surface area contributed by atoms with Crippen LogP contribution in [0.1, 0.15) is 34.1 Å². The lowest BCUT2D eigenvalue weighted by atomic mass is 9.55. The molecule has 2 amide bonds. The molecule has 7 rings (SSSR count). The van der Waals surface area contributed by atoms with Crippen LogP contribution in [0.4, 0.5) is 11.4 Å². The van der Waals surface area contributed by atoms with Crippen molar-refractivity contribution >= 4 is 23.2 Å². The van der Waals surface area contributed by atoms with Gasteiger partial charge < -0.3 is 4.90 Å². The van der Waals surface area contributed by atoms with Gasteiger partial charge in [-0.1, -0.05) is 48.5 Å². The minimum absolute atomic E-state index is 0.0603. The maximum atomic E-state index is 13.7. The van der Waals surface area contributed by atoms with Crippen molar-refractivity contribution in [1.29, 1.82) is 0 Å². The van der Waals surface area contributed by atoms with Gasteiger partial charge in [-0.25, -0.2) is 4.90 Å². The molecule has 1 fully saturated rings. The molecular weight excluding hydrogens is 372 g/mol. The Balaban J connectivity index is 1.50. The zero-order valence-corrected chi connectivity index (χ0v) is 16.9. The molecule has 30 heavy (non-hydrogen) atoms. The number of nitrogens with zero attached hydrogens (tertiary/aromatic N) is 2. The van der Waals surface area contributed by atoms with E-state index in [-0.39, 0.29) is 35.5 Å². The molecule has 4 heteroatoms. The van der Waals surface area contributed by atoms with Gasteiger partial charge in [0, 0.05) is 31.6 Å². The van der Waals surface area contributed by atoms with Crippen molar-refractivity contribution < 1.29 is 9.59 Å². The van der Waals surface area contributed by atoms with Gasteiger partial charge in [0.15, 0.2) is 0 Å². The highest BCUT2D eigenvalue weighted by Gasteiger charge is 2.61.